The average molecular weight is 615 g/mol. The van der Waals surface area contributed by atoms with Gasteiger partial charge in [-0.1, -0.05) is 12.1 Å². The molecule has 0 spiro atoms. The summed E-state index contributed by atoms with van der Waals surface area (Å²) in [4.78, 5) is 35.6. The number of aromatic nitrogens is 3. The maximum atomic E-state index is 11.6. The maximum Gasteiger partial charge on any atom is 0.314 e. The van der Waals surface area contributed by atoms with Gasteiger partial charge in [-0.3, -0.25) is 14.5 Å². The number of ether oxygens (including phenoxy) is 7. The molecule has 0 unspecified atom stereocenters. The highest BCUT2D eigenvalue weighted by atomic mass is 16.6. The highest BCUT2D eigenvalue weighted by Gasteiger charge is 2.24. The van der Waals surface area contributed by atoms with E-state index in [1.807, 2.05) is 6.92 Å². The molecule has 1 aromatic heterocycles. The van der Waals surface area contributed by atoms with E-state index in [1.54, 1.807) is 10.9 Å². The van der Waals surface area contributed by atoms with Gasteiger partial charge in [0.2, 0.25) is 0 Å². The first kappa shape index (κ1) is 36.2. The fraction of sp³-hybridized carbons (Fsp3) is 0.741. The third-order valence-corrected chi connectivity index (χ3v) is 5.57. The van der Waals surface area contributed by atoms with Crippen LogP contribution in [0.25, 0.3) is 0 Å². The van der Waals surface area contributed by atoms with E-state index in [-0.39, 0.29) is 24.4 Å². The third kappa shape index (κ3) is 18.3. The number of imide groups is 1. The Kier molecular flexibility index (Phi) is 20.6. The summed E-state index contributed by atoms with van der Waals surface area (Å²) in [6, 6.07) is -0.178. The zero-order chi connectivity index (χ0) is 30.8. The molecule has 244 valence electrons. The van der Waals surface area contributed by atoms with E-state index >= 15 is 0 Å². The highest BCUT2D eigenvalue weighted by molar-refractivity contribution is 6.12. The van der Waals surface area contributed by atoms with E-state index < -0.39 is 0 Å². The van der Waals surface area contributed by atoms with Gasteiger partial charge >= 0.3 is 6.03 Å². The molecular weight excluding hydrogens is 568 g/mol. The summed E-state index contributed by atoms with van der Waals surface area (Å²) < 4.78 is 39.8. The van der Waals surface area contributed by atoms with Gasteiger partial charge in [0.05, 0.1) is 112 Å². The van der Waals surface area contributed by atoms with E-state index in [0.29, 0.717) is 118 Å². The van der Waals surface area contributed by atoms with Gasteiger partial charge in [0, 0.05) is 25.2 Å². The largest absolute Gasteiger partial charge is 0.377 e. The van der Waals surface area contributed by atoms with E-state index in [2.05, 4.69) is 20.9 Å². The molecule has 1 aliphatic heterocycles. The van der Waals surface area contributed by atoms with Crippen molar-refractivity contribution in [3.05, 3.63) is 24.0 Å². The number of rotatable bonds is 28. The van der Waals surface area contributed by atoms with Crippen LogP contribution < -0.4 is 10.6 Å². The lowest BCUT2D eigenvalue weighted by atomic mass is 10.4. The molecule has 16 heteroatoms. The number of carbonyl (C=O) groups excluding carboxylic acids is 3. The van der Waals surface area contributed by atoms with Gasteiger partial charge in [-0.2, -0.15) is 0 Å². The monoisotopic (exact) mass is 614 g/mol. The molecule has 0 fully saturated rings. The number of hydrogen-bond donors (Lipinski definition) is 2. The molecule has 0 aliphatic carbocycles. The second-order valence-electron chi connectivity index (χ2n) is 9.04. The van der Waals surface area contributed by atoms with Crippen molar-refractivity contribution in [2.75, 3.05) is 106 Å². The molecule has 0 aromatic carbocycles. The van der Waals surface area contributed by atoms with Gasteiger partial charge in [-0.25, -0.2) is 9.48 Å². The second kappa shape index (κ2) is 24.5. The van der Waals surface area contributed by atoms with Crippen molar-refractivity contribution in [2.24, 2.45) is 0 Å². The van der Waals surface area contributed by atoms with Crippen LogP contribution in [-0.4, -0.2) is 143 Å². The zero-order valence-corrected chi connectivity index (χ0v) is 25.0. The maximum absolute atomic E-state index is 11.6. The minimum Gasteiger partial charge on any atom is -0.377 e. The third-order valence-electron chi connectivity index (χ3n) is 5.57. The Morgan fingerprint density at radius 3 is 1.60 bits per heavy atom. The van der Waals surface area contributed by atoms with Crippen LogP contribution in [0.1, 0.15) is 19.0 Å². The van der Waals surface area contributed by atoms with E-state index in [1.165, 1.54) is 12.2 Å². The fourth-order valence-electron chi connectivity index (χ4n) is 3.39. The molecule has 0 radical (unpaired) electrons. The van der Waals surface area contributed by atoms with Gasteiger partial charge < -0.3 is 43.8 Å². The van der Waals surface area contributed by atoms with Crippen LogP contribution in [-0.2, 0) is 55.8 Å². The van der Waals surface area contributed by atoms with Crippen molar-refractivity contribution in [1.29, 1.82) is 0 Å². The molecular formula is C27H46N6O10. The van der Waals surface area contributed by atoms with Gasteiger partial charge in [-0.05, 0) is 6.42 Å². The Bertz CT molecular complexity index is 914. The van der Waals surface area contributed by atoms with Crippen LogP contribution in [0.3, 0.4) is 0 Å². The molecule has 2 heterocycles. The predicted molar refractivity (Wildman–Crippen MR) is 152 cm³/mol. The SMILES string of the molecule is CCCNC(=O)NCCOCCOCCOCCOCCOCCOCCOCCn1cc(CN2C(=O)C=CC2=O)nn1. The van der Waals surface area contributed by atoms with Crippen LogP contribution in [0.4, 0.5) is 4.79 Å². The van der Waals surface area contributed by atoms with Crippen molar-refractivity contribution in [2.45, 2.75) is 26.4 Å². The minimum absolute atomic E-state index is 0.0966. The topological polar surface area (TPSA) is 174 Å². The first-order valence-corrected chi connectivity index (χ1v) is 14.6. The number of carbonyl (C=O) groups is 3. The van der Waals surface area contributed by atoms with Crippen LogP contribution in [0.2, 0.25) is 0 Å². The van der Waals surface area contributed by atoms with Gasteiger partial charge in [0.15, 0.2) is 0 Å². The Morgan fingerprint density at radius 2 is 1.12 bits per heavy atom. The molecule has 0 bridgehead atoms. The molecule has 0 atom stereocenters. The number of urea groups is 1. The summed E-state index contributed by atoms with van der Waals surface area (Å²) in [7, 11) is 0. The Hall–Kier alpha value is -2.99. The second-order valence-corrected chi connectivity index (χ2v) is 9.04. The highest BCUT2D eigenvalue weighted by Crippen LogP contribution is 2.08. The number of nitrogens with one attached hydrogen (secondary N) is 2. The van der Waals surface area contributed by atoms with Crippen molar-refractivity contribution >= 4 is 17.8 Å². The van der Waals surface area contributed by atoms with Crippen molar-refractivity contribution in [3.8, 4) is 0 Å². The Balaban J connectivity index is 1.23. The lowest BCUT2D eigenvalue weighted by molar-refractivity contribution is -0.137. The molecule has 2 N–H and O–H groups in total. The average Bonchev–Trinajstić information content (AvgIpc) is 3.59. The smallest absolute Gasteiger partial charge is 0.314 e. The van der Waals surface area contributed by atoms with E-state index in [9.17, 15) is 14.4 Å². The molecule has 16 nitrogen and oxygen atoms in total. The van der Waals surface area contributed by atoms with Crippen LogP contribution in [0.15, 0.2) is 18.3 Å². The lowest BCUT2D eigenvalue weighted by Gasteiger charge is -2.10. The summed E-state index contributed by atoms with van der Waals surface area (Å²) in [6.45, 7) is 10.1. The van der Waals surface area contributed by atoms with Gasteiger partial charge in [-0.15, -0.1) is 5.10 Å². The van der Waals surface area contributed by atoms with Gasteiger partial charge in [0.1, 0.15) is 5.69 Å². The van der Waals surface area contributed by atoms with Crippen LogP contribution >= 0.6 is 0 Å². The van der Waals surface area contributed by atoms with Gasteiger partial charge in [0.25, 0.3) is 11.8 Å². The predicted octanol–water partition coefficient (Wildman–Crippen LogP) is -0.471. The molecule has 0 saturated carbocycles. The van der Waals surface area contributed by atoms with E-state index in [4.69, 9.17) is 33.2 Å². The molecule has 1 aliphatic rings. The Morgan fingerprint density at radius 1 is 0.674 bits per heavy atom. The van der Waals surface area contributed by atoms with Crippen molar-refractivity contribution in [3.63, 3.8) is 0 Å². The standard InChI is InChI=1S/C27H46N6O10/c1-2-5-28-27(36)29-6-8-37-10-12-39-14-16-41-18-20-43-21-19-42-17-15-40-13-11-38-9-7-32-22-24(30-31-32)23-33-25(34)3-4-26(33)35/h3-4,22H,2,5-21,23H2,1H3,(H2,28,29,36). The molecule has 1 aromatic rings. The number of nitrogens with zero attached hydrogens (tertiary/aromatic N) is 4. The fourth-order valence-corrected chi connectivity index (χ4v) is 3.39. The zero-order valence-electron chi connectivity index (χ0n) is 25.0. The first-order valence-electron chi connectivity index (χ1n) is 14.6. The first-order chi connectivity index (χ1) is 21.1. The molecule has 4 amide bonds. The van der Waals surface area contributed by atoms with Crippen LogP contribution in [0, 0.1) is 0 Å². The van der Waals surface area contributed by atoms with Crippen LogP contribution in [0.5, 0.6) is 0 Å². The molecule has 2 rings (SSSR count). The summed E-state index contributed by atoms with van der Waals surface area (Å²) in [5.74, 6) is -0.699. The summed E-state index contributed by atoms with van der Waals surface area (Å²) >= 11 is 0. The molecule has 0 saturated heterocycles. The van der Waals surface area contributed by atoms with E-state index in [0.717, 1.165) is 11.3 Å². The summed E-state index contributed by atoms with van der Waals surface area (Å²) in [6.07, 6.45) is 5.06. The lowest BCUT2D eigenvalue weighted by Crippen LogP contribution is -2.37. The Labute approximate surface area is 252 Å². The quantitative estimate of drug-likeness (QED) is 0.0919. The summed E-state index contributed by atoms with van der Waals surface area (Å²) in [5.41, 5.74) is 0.531. The number of amides is 4. The summed E-state index contributed by atoms with van der Waals surface area (Å²) in [5, 5.41) is 13.4. The minimum atomic E-state index is -0.350. The molecule has 43 heavy (non-hydrogen) atoms. The van der Waals surface area contributed by atoms with Crippen molar-refractivity contribution < 1.29 is 47.5 Å². The normalized spacial score (nSPS) is 12.9. The number of hydrogen-bond acceptors (Lipinski definition) is 12. The van der Waals surface area contributed by atoms with Crippen molar-refractivity contribution in [1.82, 2.24) is 30.5 Å².